The highest BCUT2D eigenvalue weighted by atomic mass is 35.5. The molecule has 39 heavy (non-hydrogen) atoms. The number of hydrogen-bond acceptors (Lipinski definition) is 5. The Labute approximate surface area is 239 Å². The fourth-order valence-electron chi connectivity index (χ4n) is 4.03. The zero-order valence-electron chi connectivity index (χ0n) is 21.9. The Morgan fingerprint density at radius 2 is 1.62 bits per heavy atom. The molecule has 0 aliphatic rings. The van der Waals surface area contributed by atoms with Crippen LogP contribution in [0.4, 0.5) is 5.69 Å². The number of sulfonamides is 1. The van der Waals surface area contributed by atoms with E-state index >= 15 is 0 Å². The maximum Gasteiger partial charge on any atom is 0.264 e. The van der Waals surface area contributed by atoms with Gasteiger partial charge in [-0.3, -0.25) is 13.9 Å². The number of carbonyl (C=O) groups is 2. The zero-order chi connectivity index (χ0) is 28.6. The molecule has 3 aromatic rings. The molecule has 11 heteroatoms. The van der Waals surface area contributed by atoms with Crippen molar-refractivity contribution in [1.82, 2.24) is 10.2 Å². The summed E-state index contributed by atoms with van der Waals surface area (Å²) in [5, 5.41) is 3.45. The zero-order valence-corrected chi connectivity index (χ0v) is 24.3. The van der Waals surface area contributed by atoms with E-state index in [1.165, 1.54) is 35.2 Å². The van der Waals surface area contributed by atoms with Crippen molar-refractivity contribution in [3.05, 3.63) is 88.4 Å². The van der Waals surface area contributed by atoms with E-state index in [1.807, 2.05) is 0 Å². The standard InChI is InChI=1S/C28H31Cl2N3O5S/c1-4-26(28(35)31-5-2)32(18-20-9-13-24(38-3)14-10-20)27(34)19-33(23-8-6-7-22(30)17-23)39(36,37)25-15-11-21(29)12-16-25/h6-17,26H,4-5,18-19H2,1-3H3,(H,31,35)/t26-/m0/s1. The number of nitrogens with zero attached hydrogens (tertiary/aromatic N) is 2. The summed E-state index contributed by atoms with van der Waals surface area (Å²) in [7, 11) is -2.66. The average Bonchev–Trinajstić information content (AvgIpc) is 2.92. The van der Waals surface area contributed by atoms with Crippen LogP contribution in [0.15, 0.2) is 77.7 Å². The molecule has 3 aromatic carbocycles. The van der Waals surface area contributed by atoms with Crippen molar-refractivity contribution < 1.29 is 22.7 Å². The number of ether oxygens (including phenoxy) is 1. The number of halogens is 2. The molecule has 0 aliphatic carbocycles. The van der Waals surface area contributed by atoms with E-state index in [1.54, 1.807) is 63.4 Å². The maximum absolute atomic E-state index is 13.9. The summed E-state index contributed by atoms with van der Waals surface area (Å²) < 4.78 is 33.8. The van der Waals surface area contributed by atoms with E-state index < -0.39 is 28.5 Å². The van der Waals surface area contributed by atoms with Crippen molar-refractivity contribution >= 4 is 50.7 Å². The minimum absolute atomic E-state index is 0.0443. The number of anilines is 1. The van der Waals surface area contributed by atoms with Crippen molar-refractivity contribution in [2.45, 2.75) is 37.8 Å². The molecule has 0 radical (unpaired) electrons. The fourth-order valence-corrected chi connectivity index (χ4v) is 5.75. The SMILES string of the molecule is CCNC(=O)[C@H](CC)N(Cc1ccc(OC)cc1)C(=O)CN(c1cccc(Cl)c1)S(=O)(=O)c1ccc(Cl)cc1. The number of nitrogens with one attached hydrogen (secondary N) is 1. The monoisotopic (exact) mass is 591 g/mol. The van der Waals surface area contributed by atoms with Crippen LogP contribution < -0.4 is 14.4 Å². The van der Waals surface area contributed by atoms with E-state index in [0.29, 0.717) is 28.8 Å². The molecule has 0 aromatic heterocycles. The number of carbonyl (C=O) groups excluding carboxylic acids is 2. The van der Waals surface area contributed by atoms with Gasteiger partial charge < -0.3 is 15.0 Å². The van der Waals surface area contributed by atoms with Crippen LogP contribution in [0, 0.1) is 0 Å². The molecule has 0 fully saturated rings. The van der Waals surface area contributed by atoms with Crippen LogP contribution in [0.5, 0.6) is 5.75 Å². The van der Waals surface area contributed by atoms with Gasteiger partial charge in [-0.15, -0.1) is 0 Å². The van der Waals surface area contributed by atoms with Crippen molar-refractivity contribution in [3.63, 3.8) is 0 Å². The van der Waals surface area contributed by atoms with Crippen LogP contribution >= 0.6 is 23.2 Å². The van der Waals surface area contributed by atoms with E-state index in [-0.39, 0.29) is 23.0 Å². The van der Waals surface area contributed by atoms with Crippen LogP contribution in [0.25, 0.3) is 0 Å². The molecule has 1 atom stereocenters. The van der Waals surface area contributed by atoms with Gasteiger partial charge in [0.05, 0.1) is 17.7 Å². The quantitative estimate of drug-likeness (QED) is 0.314. The molecule has 3 rings (SSSR count). The number of benzene rings is 3. The van der Waals surface area contributed by atoms with Crippen molar-refractivity contribution in [2.75, 3.05) is 24.5 Å². The smallest absolute Gasteiger partial charge is 0.264 e. The Balaban J connectivity index is 2.05. The molecule has 0 aliphatic heterocycles. The first kappa shape index (κ1) is 30.3. The third-order valence-electron chi connectivity index (χ3n) is 6.03. The second-order valence-corrected chi connectivity index (χ2v) is 11.4. The van der Waals surface area contributed by atoms with E-state index in [0.717, 1.165) is 9.87 Å². The number of likely N-dealkylation sites (N-methyl/N-ethyl adjacent to an activating group) is 1. The average molecular weight is 593 g/mol. The highest BCUT2D eigenvalue weighted by molar-refractivity contribution is 7.92. The summed E-state index contributed by atoms with van der Waals surface area (Å²) >= 11 is 12.2. The van der Waals surface area contributed by atoms with Gasteiger partial charge in [0.2, 0.25) is 11.8 Å². The number of methoxy groups -OCH3 is 1. The van der Waals surface area contributed by atoms with E-state index in [2.05, 4.69) is 5.32 Å². The predicted molar refractivity (Wildman–Crippen MR) is 154 cm³/mol. The second kappa shape index (κ2) is 13.7. The summed E-state index contributed by atoms with van der Waals surface area (Å²) in [6.45, 7) is 3.51. The fraction of sp³-hybridized carbons (Fsp3) is 0.286. The van der Waals surface area contributed by atoms with E-state index in [9.17, 15) is 18.0 Å². The van der Waals surface area contributed by atoms with Crippen molar-refractivity contribution in [2.24, 2.45) is 0 Å². The number of hydrogen-bond donors (Lipinski definition) is 1. The summed E-state index contributed by atoms with van der Waals surface area (Å²) in [6, 6.07) is 18.2. The largest absolute Gasteiger partial charge is 0.497 e. The van der Waals surface area contributed by atoms with Gasteiger partial charge in [-0.1, -0.05) is 48.3 Å². The first-order valence-electron chi connectivity index (χ1n) is 12.3. The van der Waals surface area contributed by atoms with E-state index in [4.69, 9.17) is 27.9 Å². The Morgan fingerprint density at radius 1 is 0.949 bits per heavy atom. The molecule has 1 N–H and O–H groups in total. The Morgan fingerprint density at radius 3 is 2.18 bits per heavy atom. The highest BCUT2D eigenvalue weighted by Crippen LogP contribution is 2.28. The topological polar surface area (TPSA) is 96.0 Å². The van der Waals surface area contributed by atoms with Gasteiger partial charge in [-0.25, -0.2) is 8.42 Å². The molecule has 0 spiro atoms. The molecule has 208 valence electrons. The lowest BCUT2D eigenvalue weighted by Gasteiger charge is -2.33. The minimum atomic E-state index is -4.21. The van der Waals surface area contributed by atoms with Crippen molar-refractivity contribution in [3.8, 4) is 5.75 Å². The first-order valence-corrected chi connectivity index (χ1v) is 14.5. The molecule has 0 bridgehead atoms. The summed E-state index contributed by atoms with van der Waals surface area (Å²) in [6.07, 6.45) is 0.328. The molecular formula is C28H31Cl2N3O5S. The highest BCUT2D eigenvalue weighted by Gasteiger charge is 2.33. The van der Waals surface area contributed by atoms with Gasteiger partial charge in [0.25, 0.3) is 10.0 Å². The summed E-state index contributed by atoms with van der Waals surface area (Å²) in [4.78, 5) is 28.3. The maximum atomic E-state index is 13.9. The summed E-state index contributed by atoms with van der Waals surface area (Å²) in [5.74, 6) is -0.230. The Bertz CT molecular complexity index is 1380. The molecule has 0 unspecified atom stereocenters. The van der Waals surface area contributed by atoms with Gasteiger partial charge in [-0.2, -0.15) is 0 Å². The van der Waals surface area contributed by atoms with Gasteiger partial charge in [0.1, 0.15) is 18.3 Å². The molecular weight excluding hydrogens is 561 g/mol. The van der Waals surface area contributed by atoms with Crippen LogP contribution in [0.2, 0.25) is 10.0 Å². The van der Waals surface area contributed by atoms with Gasteiger partial charge in [0.15, 0.2) is 0 Å². The normalized spacial score (nSPS) is 11.9. The lowest BCUT2D eigenvalue weighted by molar-refractivity contribution is -0.140. The van der Waals surface area contributed by atoms with Crippen LogP contribution in [0.3, 0.4) is 0 Å². The predicted octanol–water partition coefficient (Wildman–Crippen LogP) is 5.14. The second-order valence-electron chi connectivity index (χ2n) is 8.63. The molecule has 8 nitrogen and oxygen atoms in total. The van der Waals surface area contributed by atoms with Crippen LogP contribution in [-0.4, -0.2) is 51.4 Å². The lowest BCUT2D eigenvalue weighted by atomic mass is 10.1. The minimum Gasteiger partial charge on any atom is -0.497 e. The van der Waals surface area contributed by atoms with Gasteiger partial charge >= 0.3 is 0 Å². The molecule has 0 saturated carbocycles. The van der Waals surface area contributed by atoms with Crippen LogP contribution in [0.1, 0.15) is 25.8 Å². The molecule has 2 amide bonds. The lowest BCUT2D eigenvalue weighted by Crippen LogP contribution is -2.52. The van der Waals surface area contributed by atoms with Crippen LogP contribution in [-0.2, 0) is 26.2 Å². The molecule has 0 heterocycles. The third kappa shape index (κ3) is 7.65. The number of rotatable bonds is 12. The Kier molecular flexibility index (Phi) is 10.6. The van der Waals surface area contributed by atoms with Crippen molar-refractivity contribution in [1.29, 1.82) is 0 Å². The van der Waals surface area contributed by atoms with Gasteiger partial charge in [0, 0.05) is 23.1 Å². The van der Waals surface area contributed by atoms with Gasteiger partial charge in [-0.05, 0) is 73.5 Å². The Hall–Kier alpha value is -3.27. The first-order chi connectivity index (χ1) is 18.6. The summed E-state index contributed by atoms with van der Waals surface area (Å²) in [5.41, 5.74) is 0.961. The molecule has 0 saturated heterocycles. The number of amides is 2. The third-order valence-corrected chi connectivity index (χ3v) is 8.30.